The summed E-state index contributed by atoms with van der Waals surface area (Å²) >= 11 is 3.73. The van der Waals surface area contributed by atoms with E-state index < -0.39 is 0 Å². The number of hydrogen-bond donors (Lipinski definition) is 0. The van der Waals surface area contributed by atoms with Crippen LogP contribution in [0.3, 0.4) is 0 Å². The number of hydrogen-bond acceptors (Lipinski definition) is 3. The Hall–Kier alpha value is -4.51. The van der Waals surface area contributed by atoms with Crippen molar-refractivity contribution in [2.45, 2.75) is 0 Å². The van der Waals surface area contributed by atoms with Crippen molar-refractivity contribution in [2.24, 2.45) is 0 Å². The van der Waals surface area contributed by atoms with Gasteiger partial charge < -0.3 is 4.57 Å². The molecule has 0 aliphatic carbocycles. The molecule has 0 amide bonds. The molecule has 0 saturated carbocycles. The van der Waals surface area contributed by atoms with Gasteiger partial charge in [0, 0.05) is 48.9 Å². The third-order valence-corrected chi connectivity index (χ3v) is 10.3. The van der Waals surface area contributed by atoms with Crippen LogP contribution >= 0.6 is 22.7 Å². The number of fused-ring (bicyclic) bond motifs is 12. The van der Waals surface area contributed by atoms with E-state index in [9.17, 15) is 0 Å². The zero-order chi connectivity index (χ0) is 25.5. The summed E-state index contributed by atoms with van der Waals surface area (Å²) in [4.78, 5) is 5.89. The highest BCUT2D eigenvalue weighted by atomic mass is 32.1. The Balaban J connectivity index is 1.51. The molecule has 0 aliphatic rings. The fraction of sp³-hybridized carbons (Fsp3) is 0. The first-order valence-electron chi connectivity index (χ1n) is 13.1. The zero-order valence-electron chi connectivity index (χ0n) is 20.8. The molecule has 0 spiro atoms. The van der Waals surface area contributed by atoms with Crippen LogP contribution in [-0.2, 0) is 0 Å². The summed E-state index contributed by atoms with van der Waals surface area (Å²) in [6.45, 7) is 0. The molecule has 0 saturated heterocycles. The summed E-state index contributed by atoms with van der Waals surface area (Å²) in [7, 11) is 0. The van der Waals surface area contributed by atoms with Gasteiger partial charge in [-0.2, -0.15) is 0 Å². The van der Waals surface area contributed by atoms with Crippen LogP contribution in [0, 0.1) is 0 Å². The fourth-order valence-electron chi connectivity index (χ4n) is 6.21. The largest absolute Gasteiger partial charge is 0.309 e. The van der Waals surface area contributed by atoms with Gasteiger partial charge in [-0.1, -0.05) is 78.9 Å². The highest BCUT2D eigenvalue weighted by Gasteiger charge is 2.24. The van der Waals surface area contributed by atoms with E-state index in [1.807, 2.05) is 28.9 Å². The Morgan fingerprint density at radius 2 is 1.21 bits per heavy atom. The van der Waals surface area contributed by atoms with Crippen LogP contribution in [0.2, 0.25) is 0 Å². The lowest BCUT2D eigenvalue weighted by molar-refractivity contribution is 1.19. The molecule has 0 fully saturated rings. The second kappa shape index (κ2) is 8.00. The van der Waals surface area contributed by atoms with Gasteiger partial charge >= 0.3 is 0 Å². The van der Waals surface area contributed by atoms with Crippen LogP contribution in [0.15, 0.2) is 121 Å². The van der Waals surface area contributed by atoms with Crippen molar-refractivity contribution in [3.8, 4) is 16.8 Å². The Bertz CT molecular complexity index is 2370. The van der Waals surface area contributed by atoms with Crippen LogP contribution in [-0.4, -0.2) is 9.55 Å². The summed E-state index contributed by atoms with van der Waals surface area (Å²) < 4.78 is 6.50. The predicted octanol–water partition coefficient (Wildman–Crippen LogP) is 10.6. The topological polar surface area (TPSA) is 17.8 Å². The quantitative estimate of drug-likeness (QED) is 0.216. The average Bonchev–Trinajstić information content (AvgIpc) is 3.67. The third-order valence-electron chi connectivity index (χ3n) is 7.86. The normalized spacial score (nSPS) is 12.1. The Morgan fingerprint density at radius 1 is 0.513 bits per heavy atom. The molecule has 39 heavy (non-hydrogen) atoms. The van der Waals surface area contributed by atoms with Crippen molar-refractivity contribution in [1.82, 2.24) is 9.55 Å². The van der Waals surface area contributed by atoms with Crippen LogP contribution < -0.4 is 0 Å². The van der Waals surface area contributed by atoms with Crippen molar-refractivity contribution >= 4 is 85.0 Å². The first kappa shape index (κ1) is 21.4. The molecule has 0 bridgehead atoms. The lowest BCUT2D eigenvalue weighted by atomic mass is 10.0. The fourth-order valence-corrected chi connectivity index (χ4v) is 8.71. The van der Waals surface area contributed by atoms with Crippen molar-refractivity contribution < 1.29 is 0 Å². The lowest BCUT2D eigenvalue weighted by Crippen LogP contribution is -1.94. The number of para-hydroxylation sites is 1. The van der Waals surface area contributed by atoms with E-state index >= 15 is 0 Å². The molecule has 2 nitrogen and oxygen atoms in total. The SMILES string of the molecule is c1ccc(-c2ccc(-n3c4ccccc4c4c5c6cccnc6sc5c5sc6ccccc6c5c43)cc2)cc1. The standard InChI is InChI=1S/C35H20N2S2/c1-2-9-21(10-3-1)22-16-18-23(19-17-22)37-27-14-6-4-11-24(27)29-30-26-13-8-20-36-35(26)39-33(30)34-31(32(29)37)25-12-5-7-15-28(25)38-34/h1-20H. The molecule has 0 atom stereocenters. The summed E-state index contributed by atoms with van der Waals surface area (Å²) in [5, 5.41) is 7.83. The van der Waals surface area contributed by atoms with Gasteiger partial charge in [0.2, 0.25) is 0 Å². The number of benzene rings is 5. The van der Waals surface area contributed by atoms with Gasteiger partial charge in [-0.05, 0) is 47.5 Å². The van der Waals surface area contributed by atoms with Crippen LogP contribution in [0.25, 0.3) is 79.1 Å². The molecule has 5 aromatic carbocycles. The second-order valence-electron chi connectivity index (χ2n) is 9.95. The molecule has 9 rings (SSSR count). The van der Waals surface area contributed by atoms with Gasteiger partial charge in [-0.3, -0.25) is 0 Å². The predicted molar refractivity (Wildman–Crippen MR) is 170 cm³/mol. The minimum Gasteiger partial charge on any atom is -0.309 e. The van der Waals surface area contributed by atoms with Gasteiger partial charge in [-0.15, -0.1) is 22.7 Å². The number of aromatic nitrogens is 2. The number of pyridine rings is 1. The minimum atomic E-state index is 1.10. The number of rotatable bonds is 2. The molecule has 182 valence electrons. The summed E-state index contributed by atoms with van der Waals surface area (Å²) in [5.41, 5.74) is 6.15. The monoisotopic (exact) mass is 532 g/mol. The maximum atomic E-state index is 4.79. The molecule has 9 aromatic rings. The molecule has 0 aliphatic heterocycles. The van der Waals surface area contributed by atoms with Crippen LogP contribution in [0.1, 0.15) is 0 Å². The molecular weight excluding hydrogens is 513 g/mol. The molecule has 0 radical (unpaired) electrons. The van der Waals surface area contributed by atoms with Crippen molar-refractivity contribution in [1.29, 1.82) is 0 Å². The van der Waals surface area contributed by atoms with E-state index in [-0.39, 0.29) is 0 Å². The molecule has 0 unspecified atom stereocenters. The van der Waals surface area contributed by atoms with Gasteiger partial charge in [0.15, 0.2) is 0 Å². The highest BCUT2D eigenvalue weighted by Crippen LogP contribution is 2.51. The lowest BCUT2D eigenvalue weighted by Gasteiger charge is -2.11. The van der Waals surface area contributed by atoms with Gasteiger partial charge in [-0.25, -0.2) is 4.98 Å². The van der Waals surface area contributed by atoms with E-state index in [4.69, 9.17) is 4.98 Å². The maximum absolute atomic E-state index is 4.79. The Labute approximate surface area is 232 Å². The van der Waals surface area contributed by atoms with E-state index in [1.54, 1.807) is 0 Å². The Morgan fingerprint density at radius 3 is 2.08 bits per heavy atom. The van der Waals surface area contributed by atoms with Crippen molar-refractivity contribution in [2.75, 3.05) is 0 Å². The van der Waals surface area contributed by atoms with E-state index in [2.05, 4.69) is 120 Å². The molecule has 0 N–H and O–H groups in total. The summed E-state index contributed by atoms with van der Waals surface area (Å²) in [6, 6.07) is 41.7. The first-order chi connectivity index (χ1) is 19.4. The van der Waals surface area contributed by atoms with Gasteiger partial charge in [0.1, 0.15) is 4.83 Å². The van der Waals surface area contributed by atoms with E-state index in [0.717, 1.165) is 4.83 Å². The van der Waals surface area contributed by atoms with E-state index in [1.165, 1.54) is 74.3 Å². The molecule has 4 aromatic heterocycles. The number of thiophene rings is 2. The van der Waals surface area contributed by atoms with Gasteiger partial charge in [0.05, 0.1) is 20.4 Å². The zero-order valence-corrected chi connectivity index (χ0v) is 22.4. The highest BCUT2D eigenvalue weighted by molar-refractivity contribution is 7.33. The molecular formula is C35H20N2S2. The van der Waals surface area contributed by atoms with Crippen LogP contribution in [0.5, 0.6) is 0 Å². The summed E-state index contributed by atoms with van der Waals surface area (Å²) in [6.07, 6.45) is 1.91. The van der Waals surface area contributed by atoms with E-state index in [0.29, 0.717) is 0 Å². The first-order valence-corrected chi connectivity index (χ1v) is 14.7. The average molecular weight is 533 g/mol. The molecule has 4 heterocycles. The van der Waals surface area contributed by atoms with Gasteiger partial charge in [0.25, 0.3) is 0 Å². The minimum absolute atomic E-state index is 1.10. The third kappa shape index (κ3) is 2.93. The number of nitrogens with zero attached hydrogens (tertiary/aromatic N) is 2. The Kier molecular flexibility index (Phi) is 4.39. The van der Waals surface area contributed by atoms with Crippen molar-refractivity contribution in [3.63, 3.8) is 0 Å². The van der Waals surface area contributed by atoms with Crippen LogP contribution in [0.4, 0.5) is 0 Å². The maximum Gasteiger partial charge on any atom is 0.124 e. The second-order valence-corrected chi connectivity index (χ2v) is 12.0. The molecule has 4 heteroatoms. The van der Waals surface area contributed by atoms with Crippen molar-refractivity contribution in [3.05, 3.63) is 121 Å². The summed E-state index contributed by atoms with van der Waals surface area (Å²) in [5.74, 6) is 0. The smallest absolute Gasteiger partial charge is 0.124 e.